The van der Waals surface area contributed by atoms with Crippen molar-refractivity contribution in [2.24, 2.45) is 0 Å². The predicted octanol–water partition coefficient (Wildman–Crippen LogP) is -12.8. The third-order valence-electron chi connectivity index (χ3n) is 0. The molecule has 84 valence electrons. The maximum atomic E-state index is 0. The Bertz CT molecular complexity index is 9.52. The number of rotatable bonds is 0. The molecule has 4 radical (unpaired) electrons. The summed E-state index contributed by atoms with van der Waals surface area (Å²) in [6.45, 7) is 0. The van der Waals surface area contributed by atoms with E-state index >= 15 is 0 Å². The van der Waals surface area contributed by atoms with Crippen molar-refractivity contribution in [3.8, 4) is 0 Å². The van der Waals surface area contributed by atoms with Gasteiger partial charge in [0.2, 0.25) is 0 Å². The second kappa shape index (κ2) is 265. The van der Waals surface area contributed by atoms with Gasteiger partial charge in [-0.05, 0) is 98.7 Å². The third kappa shape index (κ3) is 221. The molecule has 0 amide bonds. The van der Waals surface area contributed by atoms with Gasteiger partial charge in [0.15, 0.2) is 0 Å². The van der Waals surface area contributed by atoms with Gasteiger partial charge in [0, 0.05) is 17.6 Å². The third-order valence-corrected chi connectivity index (χ3v) is 0. The molecule has 0 aromatic carbocycles. The fourth-order valence-corrected chi connectivity index (χ4v) is 0. The summed E-state index contributed by atoms with van der Waals surface area (Å²) in [5, 5.41) is 0. The van der Waals surface area contributed by atoms with Crippen LogP contribution in [0.5, 0.6) is 0 Å². The van der Waals surface area contributed by atoms with Crippen LogP contribution in [0.25, 0.3) is 0 Å². The van der Waals surface area contributed by atoms with Crippen molar-refractivity contribution in [1.29, 1.82) is 0 Å². The summed E-state index contributed by atoms with van der Waals surface area (Å²) in [7, 11) is 0. The molecule has 0 fully saturated rings. The molecule has 0 heterocycles. The van der Waals surface area contributed by atoms with Crippen LogP contribution in [0.3, 0.4) is 0 Å². The predicted molar refractivity (Wildman–Crippen MR) is 114 cm³/mol. The smallest absolute Gasteiger partial charge is 0 e. The van der Waals surface area contributed by atoms with Crippen LogP contribution in [0.15, 0.2) is 0 Å². The largest absolute Gasteiger partial charge is 0.0776 e. The van der Waals surface area contributed by atoms with E-state index in [0.29, 0.717) is 0 Å². The Labute approximate surface area is 123 Å². The van der Waals surface area contributed by atoms with E-state index in [1.807, 2.05) is 0 Å². The van der Waals surface area contributed by atoms with E-state index in [4.69, 9.17) is 0 Å². The standard InChI is InChI=1S/CH4.Ge.9H4Si/h1H4;;9*1H4. The monoisotopic (exact) mass is 378 g/mol. The van der Waals surface area contributed by atoms with E-state index in [-0.39, 0.29) is 124 Å². The average molecular weight is 378 g/mol. The molecule has 0 aliphatic rings. The van der Waals surface area contributed by atoms with Gasteiger partial charge in [-0.15, -0.1) is 0 Å². The van der Waals surface area contributed by atoms with Gasteiger partial charge >= 0.3 is 0 Å². The van der Waals surface area contributed by atoms with E-state index in [2.05, 4.69) is 0 Å². The van der Waals surface area contributed by atoms with Crippen LogP contribution in [-0.4, -0.2) is 116 Å². The molecule has 0 rings (SSSR count). The zero-order valence-electron chi connectivity index (χ0n) is 0.500. The summed E-state index contributed by atoms with van der Waals surface area (Å²) in [6.07, 6.45) is 0. The molecular formula is CH40GeSi9. The first-order chi connectivity index (χ1) is 0. The Balaban J connectivity index is 0. The summed E-state index contributed by atoms with van der Waals surface area (Å²) in [5.41, 5.74) is 0. The molecule has 0 nitrogen and oxygen atoms in total. The van der Waals surface area contributed by atoms with E-state index in [9.17, 15) is 0 Å². The molecule has 0 aliphatic heterocycles. The van der Waals surface area contributed by atoms with Crippen LogP contribution in [0, 0.1) is 0 Å². The Hall–Kier alpha value is 2.49. The van der Waals surface area contributed by atoms with E-state index in [1.165, 1.54) is 0 Å². The zero-order chi connectivity index (χ0) is 0. The van der Waals surface area contributed by atoms with Crippen molar-refractivity contribution < 1.29 is 0 Å². The Kier molecular flexibility index (Phi) is 8160. The summed E-state index contributed by atoms with van der Waals surface area (Å²) >= 11 is 0. The van der Waals surface area contributed by atoms with Gasteiger partial charge in [-0.1, -0.05) is 7.43 Å². The molecular weight excluding hydrogens is 337 g/mol. The van der Waals surface area contributed by atoms with Crippen LogP contribution in [0.4, 0.5) is 0 Å². The van der Waals surface area contributed by atoms with Crippen molar-refractivity contribution in [3.05, 3.63) is 0 Å². The van der Waals surface area contributed by atoms with Crippen molar-refractivity contribution in [3.63, 3.8) is 0 Å². The topological polar surface area (TPSA) is 0 Å². The average Bonchev–Trinajstić information content (AvgIpc) is 0. The van der Waals surface area contributed by atoms with Gasteiger partial charge in [0.1, 0.15) is 0 Å². The zero-order valence-corrected chi connectivity index (χ0v) is 2.60. The normalized spacial score (nSPS) is 0. The first-order valence-electron chi connectivity index (χ1n) is 0. The van der Waals surface area contributed by atoms with Gasteiger partial charge < -0.3 is 0 Å². The summed E-state index contributed by atoms with van der Waals surface area (Å²) in [6, 6.07) is 0. The van der Waals surface area contributed by atoms with E-state index < -0.39 is 0 Å². The first-order valence-corrected chi connectivity index (χ1v) is 0. The fraction of sp³-hybridized carbons (Fsp3) is 1.00. The molecule has 0 saturated carbocycles. The molecule has 11 heavy (non-hydrogen) atoms. The van der Waals surface area contributed by atoms with Crippen LogP contribution in [0.1, 0.15) is 7.43 Å². The molecule has 0 unspecified atom stereocenters. The number of hydrogen-bond acceptors (Lipinski definition) is 0. The minimum atomic E-state index is 0. The van der Waals surface area contributed by atoms with Crippen molar-refractivity contribution in [2.75, 3.05) is 0 Å². The first kappa shape index (κ1) is 338. The Morgan fingerprint density at radius 3 is 0.273 bits per heavy atom. The SMILES string of the molecule is C.[Ge].[SiH4].[SiH4].[SiH4].[SiH4].[SiH4].[SiH4].[SiH4].[SiH4].[SiH4]. The van der Waals surface area contributed by atoms with Crippen molar-refractivity contribution >= 4 is 116 Å². The summed E-state index contributed by atoms with van der Waals surface area (Å²) in [4.78, 5) is 0. The van der Waals surface area contributed by atoms with Gasteiger partial charge in [-0.25, -0.2) is 0 Å². The molecule has 0 saturated heterocycles. The Morgan fingerprint density at radius 2 is 0.273 bits per heavy atom. The minimum absolute atomic E-state index is 0. The summed E-state index contributed by atoms with van der Waals surface area (Å²) < 4.78 is 0. The summed E-state index contributed by atoms with van der Waals surface area (Å²) in [5.74, 6) is 0. The van der Waals surface area contributed by atoms with E-state index in [1.54, 1.807) is 0 Å². The molecule has 0 bridgehead atoms. The van der Waals surface area contributed by atoms with Crippen LogP contribution >= 0.6 is 0 Å². The maximum Gasteiger partial charge on any atom is 0 e. The van der Waals surface area contributed by atoms with Crippen LogP contribution in [0.2, 0.25) is 0 Å². The molecule has 10 heteroatoms. The van der Waals surface area contributed by atoms with Gasteiger partial charge in [0.25, 0.3) is 0 Å². The quantitative estimate of drug-likeness (QED) is 0.368. The van der Waals surface area contributed by atoms with Crippen molar-refractivity contribution in [1.82, 2.24) is 0 Å². The van der Waals surface area contributed by atoms with E-state index in [0.717, 1.165) is 0 Å². The second-order valence-corrected chi connectivity index (χ2v) is 0. The molecule has 0 aliphatic carbocycles. The second-order valence-electron chi connectivity index (χ2n) is 0. The minimum Gasteiger partial charge on any atom is -0.0776 e. The molecule has 0 aromatic rings. The Morgan fingerprint density at radius 1 is 0.273 bits per heavy atom. The van der Waals surface area contributed by atoms with Crippen LogP contribution < -0.4 is 0 Å². The van der Waals surface area contributed by atoms with Gasteiger partial charge in [0.05, 0.1) is 0 Å². The molecule has 0 atom stereocenters. The molecule has 0 aromatic heterocycles. The molecule has 0 N–H and O–H groups in total. The van der Waals surface area contributed by atoms with Crippen molar-refractivity contribution in [2.45, 2.75) is 7.43 Å². The van der Waals surface area contributed by atoms with Crippen LogP contribution in [-0.2, 0) is 0 Å². The maximum absolute atomic E-state index is 0. The fourth-order valence-electron chi connectivity index (χ4n) is 0. The number of hydrogen-bond donors (Lipinski definition) is 0. The molecule has 0 spiro atoms. The van der Waals surface area contributed by atoms with Gasteiger partial charge in [-0.2, -0.15) is 0 Å². The van der Waals surface area contributed by atoms with Gasteiger partial charge in [-0.3, -0.25) is 0 Å².